The summed E-state index contributed by atoms with van der Waals surface area (Å²) in [6.45, 7) is -1.11. The van der Waals surface area contributed by atoms with Crippen LogP contribution in [0.4, 0.5) is 26.3 Å². The molecule has 212 valence electrons. The van der Waals surface area contributed by atoms with Gasteiger partial charge in [0.1, 0.15) is 0 Å². The number of carboxylic acid groups (broad SMARTS) is 1. The molecule has 0 saturated carbocycles. The minimum absolute atomic E-state index is 0.0465. The SMILES string of the molecule is COC(=O)CN(CC(=O)[O-])[C@H]1CCN(C(=O)c2cc(C(F)(F)F)cc(C(F)(F)F)c2)[C@H](Cc2ccccc2)C1. The molecule has 0 radical (unpaired) electrons. The maximum Gasteiger partial charge on any atom is 0.416 e. The summed E-state index contributed by atoms with van der Waals surface area (Å²) >= 11 is 0. The summed E-state index contributed by atoms with van der Waals surface area (Å²) < 4.78 is 85.0. The molecule has 1 aliphatic rings. The number of hydrogen-bond acceptors (Lipinski definition) is 6. The Bertz CT molecular complexity index is 1150. The predicted octanol–water partition coefficient (Wildman–Crippen LogP) is 3.17. The summed E-state index contributed by atoms with van der Waals surface area (Å²) in [7, 11) is 1.13. The zero-order valence-electron chi connectivity index (χ0n) is 20.7. The summed E-state index contributed by atoms with van der Waals surface area (Å²) in [6, 6.07) is 8.12. The second-order valence-corrected chi connectivity index (χ2v) is 9.17. The third-order valence-corrected chi connectivity index (χ3v) is 6.51. The maximum atomic E-state index is 13.4. The van der Waals surface area contributed by atoms with E-state index in [1.165, 1.54) is 9.80 Å². The Morgan fingerprint density at radius 3 is 2.08 bits per heavy atom. The molecule has 39 heavy (non-hydrogen) atoms. The lowest BCUT2D eigenvalue weighted by atomic mass is 9.90. The van der Waals surface area contributed by atoms with E-state index in [9.17, 15) is 45.8 Å². The number of esters is 1. The Morgan fingerprint density at radius 2 is 1.56 bits per heavy atom. The van der Waals surface area contributed by atoms with Crippen LogP contribution in [-0.2, 0) is 33.1 Å². The lowest BCUT2D eigenvalue weighted by molar-refractivity contribution is -0.306. The van der Waals surface area contributed by atoms with Gasteiger partial charge in [0.05, 0.1) is 30.8 Å². The zero-order chi connectivity index (χ0) is 29.0. The van der Waals surface area contributed by atoms with Crippen LogP contribution in [0.25, 0.3) is 0 Å². The molecule has 0 spiro atoms. The van der Waals surface area contributed by atoms with E-state index in [1.54, 1.807) is 30.3 Å². The lowest BCUT2D eigenvalue weighted by Crippen LogP contribution is -2.55. The van der Waals surface area contributed by atoms with E-state index in [2.05, 4.69) is 4.74 Å². The second-order valence-electron chi connectivity index (χ2n) is 9.17. The molecule has 3 rings (SSSR count). The highest BCUT2D eigenvalue weighted by atomic mass is 19.4. The summed E-state index contributed by atoms with van der Waals surface area (Å²) in [5.41, 5.74) is -3.24. The average Bonchev–Trinajstić information content (AvgIpc) is 2.87. The molecule has 1 aliphatic heterocycles. The normalized spacial score (nSPS) is 18.2. The number of carbonyl (C=O) groups is 3. The number of alkyl halides is 6. The van der Waals surface area contributed by atoms with Gasteiger partial charge in [-0.3, -0.25) is 14.5 Å². The van der Waals surface area contributed by atoms with Gasteiger partial charge in [0.25, 0.3) is 5.91 Å². The minimum Gasteiger partial charge on any atom is -0.549 e. The molecule has 0 N–H and O–H groups in total. The van der Waals surface area contributed by atoms with Crippen molar-refractivity contribution in [2.75, 3.05) is 26.7 Å². The number of benzene rings is 2. The number of halogens is 6. The number of rotatable bonds is 8. The molecule has 0 aromatic heterocycles. The Hall–Kier alpha value is -3.61. The third kappa shape index (κ3) is 7.94. The first-order valence-electron chi connectivity index (χ1n) is 11.8. The highest BCUT2D eigenvalue weighted by molar-refractivity contribution is 5.95. The van der Waals surface area contributed by atoms with Crippen molar-refractivity contribution in [3.63, 3.8) is 0 Å². The Kier molecular flexibility index (Phi) is 9.26. The monoisotopic (exact) mass is 559 g/mol. The summed E-state index contributed by atoms with van der Waals surface area (Å²) in [5, 5.41) is 11.3. The molecule has 1 fully saturated rings. The van der Waals surface area contributed by atoms with Crippen molar-refractivity contribution in [1.29, 1.82) is 0 Å². The molecule has 1 amide bonds. The summed E-state index contributed by atoms with van der Waals surface area (Å²) in [6.07, 6.45) is -9.86. The van der Waals surface area contributed by atoms with E-state index in [0.717, 1.165) is 12.7 Å². The first-order chi connectivity index (χ1) is 18.2. The molecule has 2 atom stereocenters. The fourth-order valence-corrected chi connectivity index (χ4v) is 4.66. The van der Waals surface area contributed by atoms with Crippen LogP contribution in [0.15, 0.2) is 48.5 Å². The van der Waals surface area contributed by atoms with E-state index in [1.807, 2.05) is 0 Å². The molecular weight excluding hydrogens is 534 g/mol. The Morgan fingerprint density at radius 1 is 0.974 bits per heavy atom. The second kappa shape index (κ2) is 12.1. The number of piperidine rings is 1. The van der Waals surface area contributed by atoms with Gasteiger partial charge >= 0.3 is 18.3 Å². The Balaban J connectivity index is 1.98. The first kappa shape index (κ1) is 29.9. The van der Waals surface area contributed by atoms with Crippen LogP contribution >= 0.6 is 0 Å². The van der Waals surface area contributed by atoms with Crippen LogP contribution in [-0.4, -0.2) is 66.5 Å². The number of aliphatic carboxylic acids is 1. The number of hydrogen-bond donors (Lipinski definition) is 0. The van der Waals surface area contributed by atoms with E-state index >= 15 is 0 Å². The molecule has 0 aliphatic carbocycles. The number of carbonyl (C=O) groups excluding carboxylic acids is 3. The summed E-state index contributed by atoms with van der Waals surface area (Å²) in [4.78, 5) is 39.2. The predicted molar refractivity (Wildman–Crippen MR) is 123 cm³/mol. The van der Waals surface area contributed by atoms with Crippen LogP contribution in [0.3, 0.4) is 0 Å². The molecule has 7 nitrogen and oxygen atoms in total. The van der Waals surface area contributed by atoms with Gasteiger partial charge in [0, 0.05) is 30.7 Å². The topological polar surface area (TPSA) is 90.0 Å². The first-order valence-corrected chi connectivity index (χ1v) is 11.8. The molecule has 13 heteroatoms. The van der Waals surface area contributed by atoms with Crippen molar-refractivity contribution in [2.24, 2.45) is 0 Å². The van der Waals surface area contributed by atoms with Gasteiger partial charge in [-0.05, 0) is 43.0 Å². The van der Waals surface area contributed by atoms with Crippen LogP contribution in [0.5, 0.6) is 0 Å². The van der Waals surface area contributed by atoms with E-state index in [4.69, 9.17) is 0 Å². The molecule has 2 aromatic carbocycles. The minimum atomic E-state index is -5.12. The van der Waals surface area contributed by atoms with Crippen molar-refractivity contribution in [3.05, 3.63) is 70.8 Å². The van der Waals surface area contributed by atoms with Crippen molar-refractivity contribution >= 4 is 17.8 Å². The van der Waals surface area contributed by atoms with Gasteiger partial charge in [0.15, 0.2) is 0 Å². The van der Waals surface area contributed by atoms with Crippen LogP contribution in [0, 0.1) is 0 Å². The highest BCUT2D eigenvalue weighted by Crippen LogP contribution is 2.37. The number of nitrogens with zero attached hydrogens (tertiary/aromatic N) is 2. The molecular formula is C26H25F6N2O5-. The van der Waals surface area contributed by atoms with Crippen LogP contribution < -0.4 is 5.11 Å². The van der Waals surface area contributed by atoms with Crippen molar-refractivity contribution < 1.29 is 50.6 Å². The van der Waals surface area contributed by atoms with Gasteiger partial charge in [0.2, 0.25) is 0 Å². The zero-order valence-corrected chi connectivity index (χ0v) is 20.7. The van der Waals surface area contributed by atoms with Crippen molar-refractivity contribution in [1.82, 2.24) is 9.80 Å². The van der Waals surface area contributed by atoms with Gasteiger partial charge in [-0.25, -0.2) is 0 Å². The van der Waals surface area contributed by atoms with Crippen LogP contribution in [0.1, 0.15) is 39.9 Å². The van der Waals surface area contributed by atoms with Crippen molar-refractivity contribution in [2.45, 2.75) is 43.7 Å². The number of likely N-dealkylation sites (tertiary alicyclic amines) is 1. The molecule has 2 aromatic rings. The van der Waals surface area contributed by atoms with E-state index < -0.39 is 65.5 Å². The van der Waals surface area contributed by atoms with Crippen molar-refractivity contribution in [3.8, 4) is 0 Å². The Labute approximate surface area is 219 Å². The van der Waals surface area contributed by atoms with Crippen LogP contribution in [0.2, 0.25) is 0 Å². The molecule has 0 bridgehead atoms. The average molecular weight is 559 g/mol. The van der Waals surface area contributed by atoms with E-state index in [-0.39, 0.29) is 38.4 Å². The molecule has 1 heterocycles. The highest BCUT2D eigenvalue weighted by Gasteiger charge is 2.40. The lowest BCUT2D eigenvalue weighted by Gasteiger charge is -2.43. The number of carboxylic acids is 1. The van der Waals surface area contributed by atoms with E-state index in [0.29, 0.717) is 12.1 Å². The van der Waals surface area contributed by atoms with Gasteiger partial charge in [-0.15, -0.1) is 0 Å². The third-order valence-electron chi connectivity index (χ3n) is 6.51. The van der Waals surface area contributed by atoms with Gasteiger partial charge in [-0.2, -0.15) is 26.3 Å². The maximum absolute atomic E-state index is 13.4. The smallest absolute Gasteiger partial charge is 0.416 e. The quantitative estimate of drug-likeness (QED) is 0.365. The standard InChI is InChI=1S/C26H26F6N2O5/c1-39-23(37)15-33(14-22(35)36)20-7-8-34(21(13-20)9-16-5-3-2-4-6-16)24(38)17-10-18(25(27,28)29)12-19(11-17)26(30,31)32/h2-6,10-12,20-21H,7-9,13-15H2,1H3,(H,35,36)/p-1/t20-,21+/m0/s1. The molecule has 1 saturated heterocycles. The number of ether oxygens (including phenoxy) is 1. The number of amides is 1. The number of methoxy groups -OCH3 is 1. The van der Waals surface area contributed by atoms with Gasteiger partial charge in [-0.1, -0.05) is 30.3 Å². The fraction of sp³-hybridized carbons (Fsp3) is 0.423. The molecule has 0 unspecified atom stereocenters. The fourth-order valence-electron chi connectivity index (χ4n) is 4.66. The largest absolute Gasteiger partial charge is 0.549 e. The summed E-state index contributed by atoms with van der Waals surface area (Å²) in [5.74, 6) is -3.19. The van der Waals surface area contributed by atoms with Gasteiger partial charge < -0.3 is 19.5 Å².